The molecule has 0 unspecified atom stereocenters. The third kappa shape index (κ3) is 1.98. The minimum Gasteiger partial charge on any atom is -0.490 e. The van der Waals surface area contributed by atoms with Gasteiger partial charge in [0.25, 0.3) is 0 Å². The Bertz CT molecular complexity index is 286. The molecular formula is C10H11FNO. The van der Waals surface area contributed by atoms with Crippen LogP contribution in [0.1, 0.15) is 0 Å². The summed E-state index contributed by atoms with van der Waals surface area (Å²) in [5.41, 5.74) is 0. The van der Waals surface area contributed by atoms with Gasteiger partial charge in [0.05, 0.1) is 6.61 Å². The summed E-state index contributed by atoms with van der Waals surface area (Å²) in [7, 11) is 0. The molecule has 2 rings (SSSR count). The largest absolute Gasteiger partial charge is 0.490 e. The van der Waals surface area contributed by atoms with Gasteiger partial charge in [-0.1, -0.05) is 12.1 Å². The van der Waals surface area contributed by atoms with E-state index in [4.69, 9.17) is 4.74 Å². The maximum absolute atomic E-state index is 13.0. The third-order valence-electron chi connectivity index (χ3n) is 2.09. The molecule has 1 aliphatic heterocycles. The molecule has 2 nitrogen and oxygen atoms in total. The number of hydrogen-bond donors (Lipinski definition) is 0. The molecule has 1 aromatic rings. The van der Waals surface area contributed by atoms with Crippen LogP contribution in [0.2, 0.25) is 0 Å². The lowest BCUT2D eigenvalue weighted by Gasteiger charge is -2.24. The van der Waals surface area contributed by atoms with Crippen molar-refractivity contribution in [2.45, 2.75) is 0 Å². The molecular weight excluding hydrogens is 169 g/mol. The second-order valence-electron chi connectivity index (χ2n) is 3.20. The van der Waals surface area contributed by atoms with Crippen molar-refractivity contribution in [3.63, 3.8) is 0 Å². The Hall–Kier alpha value is -1.09. The van der Waals surface area contributed by atoms with Crippen molar-refractivity contribution in [2.75, 3.05) is 19.7 Å². The second-order valence-corrected chi connectivity index (χ2v) is 3.20. The number of para-hydroxylation sites is 1. The van der Waals surface area contributed by atoms with E-state index >= 15 is 0 Å². The molecule has 0 amide bonds. The summed E-state index contributed by atoms with van der Waals surface area (Å²) in [6, 6.07) is 6.47. The van der Waals surface area contributed by atoms with Gasteiger partial charge < -0.3 is 4.74 Å². The Morgan fingerprint density at radius 3 is 2.77 bits per heavy atom. The fourth-order valence-electron chi connectivity index (χ4n) is 1.19. The summed E-state index contributed by atoms with van der Waals surface area (Å²) >= 11 is 0. The van der Waals surface area contributed by atoms with Gasteiger partial charge in [-0.25, -0.2) is 9.71 Å². The first-order valence-electron chi connectivity index (χ1n) is 4.37. The molecule has 1 heterocycles. The van der Waals surface area contributed by atoms with Crippen LogP contribution in [-0.4, -0.2) is 19.7 Å². The first-order valence-corrected chi connectivity index (χ1v) is 4.37. The van der Waals surface area contributed by atoms with E-state index in [1.54, 1.807) is 18.2 Å². The molecule has 1 saturated heterocycles. The number of nitrogens with zero attached hydrogens (tertiary/aromatic N) is 1. The van der Waals surface area contributed by atoms with Gasteiger partial charge in [-0.05, 0) is 12.1 Å². The van der Waals surface area contributed by atoms with Crippen LogP contribution < -0.4 is 10.1 Å². The minimum atomic E-state index is -0.293. The number of ether oxygens (including phenoxy) is 1. The predicted molar refractivity (Wildman–Crippen MR) is 47.3 cm³/mol. The van der Waals surface area contributed by atoms with Gasteiger partial charge in [-0.3, -0.25) is 0 Å². The van der Waals surface area contributed by atoms with Crippen molar-refractivity contribution in [2.24, 2.45) is 5.92 Å². The maximum Gasteiger partial charge on any atom is 0.165 e. The van der Waals surface area contributed by atoms with Gasteiger partial charge in [0, 0.05) is 19.0 Å². The van der Waals surface area contributed by atoms with E-state index in [1.165, 1.54) is 6.07 Å². The van der Waals surface area contributed by atoms with Crippen LogP contribution in [0.3, 0.4) is 0 Å². The Labute approximate surface area is 76.7 Å². The van der Waals surface area contributed by atoms with Crippen LogP contribution in [0.25, 0.3) is 0 Å². The molecule has 0 saturated carbocycles. The van der Waals surface area contributed by atoms with Crippen LogP contribution >= 0.6 is 0 Å². The van der Waals surface area contributed by atoms with Crippen LogP contribution in [0.15, 0.2) is 24.3 Å². The third-order valence-corrected chi connectivity index (χ3v) is 2.09. The second kappa shape index (κ2) is 3.75. The average Bonchev–Trinajstić information content (AvgIpc) is 2.05. The smallest absolute Gasteiger partial charge is 0.165 e. The topological polar surface area (TPSA) is 23.3 Å². The molecule has 0 N–H and O–H groups in total. The number of hydrogen-bond acceptors (Lipinski definition) is 1. The Kier molecular flexibility index (Phi) is 2.45. The van der Waals surface area contributed by atoms with Crippen LogP contribution in [0.5, 0.6) is 5.75 Å². The van der Waals surface area contributed by atoms with Gasteiger partial charge in [0.15, 0.2) is 11.6 Å². The number of benzene rings is 1. The highest BCUT2D eigenvalue weighted by Gasteiger charge is 2.19. The van der Waals surface area contributed by atoms with Gasteiger partial charge in [0.1, 0.15) is 0 Å². The van der Waals surface area contributed by atoms with Gasteiger partial charge in [-0.2, -0.15) is 0 Å². The van der Waals surface area contributed by atoms with E-state index in [-0.39, 0.29) is 5.82 Å². The van der Waals surface area contributed by atoms with Gasteiger partial charge in [-0.15, -0.1) is 0 Å². The number of halogens is 1. The zero-order valence-corrected chi connectivity index (χ0v) is 7.24. The van der Waals surface area contributed by atoms with E-state index in [1.807, 2.05) is 0 Å². The molecule has 69 valence electrons. The first kappa shape index (κ1) is 8.51. The van der Waals surface area contributed by atoms with Crippen molar-refractivity contribution in [3.8, 4) is 5.75 Å². The van der Waals surface area contributed by atoms with E-state index < -0.39 is 0 Å². The summed E-state index contributed by atoms with van der Waals surface area (Å²) < 4.78 is 18.3. The molecule has 1 aliphatic rings. The highest BCUT2D eigenvalue weighted by Crippen LogP contribution is 2.17. The maximum atomic E-state index is 13.0. The van der Waals surface area contributed by atoms with E-state index in [2.05, 4.69) is 5.32 Å². The van der Waals surface area contributed by atoms with E-state index in [0.29, 0.717) is 18.3 Å². The summed E-state index contributed by atoms with van der Waals surface area (Å²) in [5.74, 6) is 0.535. The minimum absolute atomic E-state index is 0.293. The average molecular weight is 180 g/mol. The highest BCUT2D eigenvalue weighted by atomic mass is 19.1. The zero-order chi connectivity index (χ0) is 9.10. The summed E-state index contributed by atoms with van der Waals surface area (Å²) in [5, 5.41) is 4.06. The van der Waals surface area contributed by atoms with Crippen molar-refractivity contribution < 1.29 is 9.13 Å². The van der Waals surface area contributed by atoms with Crippen molar-refractivity contribution in [1.29, 1.82) is 0 Å². The molecule has 0 bridgehead atoms. The molecule has 1 aromatic carbocycles. The van der Waals surface area contributed by atoms with E-state index in [0.717, 1.165) is 13.1 Å². The molecule has 1 radical (unpaired) electrons. The predicted octanol–water partition coefficient (Wildman–Crippen LogP) is 1.44. The Morgan fingerprint density at radius 1 is 1.38 bits per heavy atom. The molecule has 3 heteroatoms. The molecule has 0 aliphatic carbocycles. The summed E-state index contributed by atoms with van der Waals surface area (Å²) in [6.07, 6.45) is 0. The fourth-order valence-corrected chi connectivity index (χ4v) is 1.19. The molecule has 0 aromatic heterocycles. The Morgan fingerprint density at radius 2 is 2.15 bits per heavy atom. The monoisotopic (exact) mass is 180 g/mol. The van der Waals surface area contributed by atoms with Gasteiger partial charge >= 0.3 is 0 Å². The highest BCUT2D eigenvalue weighted by molar-refractivity contribution is 5.23. The van der Waals surface area contributed by atoms with Crippen LogP contribution in [0.4, 0.5) is 4.39 Å². The number of rotatable bonds is 3. The molecule has 1 fully saturated rings. The SMILES string of the molecule is Fc1ccccc1OCC1C[N]C1. The molecule has 0 atom stereocenters. The quantitative estimate of drug-likeness (QED) is 0.690. The van der Waals surface area contributed by atoms with Crippen molar-refractivity contribution >= 4 is 0 Å². The summed E-state index contributed by atoms with van der Waals surface area (Å²) in [6.45, 7) is 2.29. The van der Waals surface area contributed by atoms with Crippen LogP contribution in [-0.2, 0) is 0 Å². The van der Waals surface area contributed by atoms with E-state index in [9.17, 15) is 4.39 Å². The molecule has 0 spiro atoms. The summed E-state index contributed by atoms with van der Waals surface area (Å²) in [4.78, 5) is 0. The fraction of sp³-hybridized carbons (Fsp3) is 0.400. The Balaban J connectivity index is 1.89. The normalized spacial score (nSPS) is 16.7. The lowest BCUT2D eigenvalue weighted by atomic mass is 10.1. The lowest BCUT2D eigenvalue weighted by Crippen LogP contribution is -2.39. The van der Waals surface area contributed by atoms with Gasteiger partial charge in [0.2, 0.25) is 0 Å². The van der Waals surface area contributed by atoms with Crippen molar-refractivity contribution in [3.05, 3.63) is 30.1 Å². The standard InChI is InChI=1S/C10H11FNO/c11-9-3-1-2-4-10(9)13-7-8-5-12-6-8/h1-4,8H,5-7H2. The molecule has 13 heavy (non-hydrogen) atoms. The first-order chi connectivity index (χ1) is 6.36. The van der Waals surface area contributed by atoms with Crippen LogP contribution in [0, 0.1) is 11.7 Å². The lowest BCUT2D eigenvalue weighted by molar-refractivity contribution is 0.190. The zero-order valence-electron chi connectivity index (χ0n) is 7.24. The van der Waals surface area contributed by atoms with Crippen molar-refractivity contribution in [1.82, 2.24) is 5.32 Å².